The maximum absolute atomic E-state index is 13.0. The number of aliphatic hydroxyl groups is 1. The van der Waals surface area contributed by atoms with Gasteiger partial charge in [0.2, 0.25) is 0 Å². The van der Waals surface area contributed by atoms with Crippen molar-refractivity contribution in [3.8, 4) is 5.75 Å². The number of imide groups is 1. The molecule has 2 aromatic rings. The normalized spacial score (nSPS) is 20.4. The number of aliphatic hydroxyl groups excluding tert-OH is 1. The van der Waals surface area contributed by atoms with Crippen LogP contribution in [-0.4, -0.2) is 41.2 Å². The lowest BCUT2D eigenvalue weighted by Crippen LogP contribution is -2.42. The summed E-state index contributed by atoms with van der Waals surface area (Å²) in [6, 6.07) is 16.2. The minimum absolute atomic E-state index is 0.0130. The van der Waals surface area contributed by atoms with E-state index in [-0.39, 0.29) is 19.1 Å². The number of nitrogens with one attached hydrogen (secondary N) is 1. The summed E-state index contributed by atoms with van der Waals surface area (Å²) in [7, 11) is 0. The number of hydrogen-bond acceptors (Lipinski definition) is 4. The van der Waals surface area contributed by atoms with Crippen molar-refractivity contribution in [2.24, 2.45) is 0 Å². The molecule has 0 aromatic heterocycles. The van der Waals surface area contributed by atoms with Crippen molar-refractivity contribution in [3.05, 3.63) is 65.7 Å². The lowest BCUT2D eigenvalue weighted by Gasteiger charge is -2.23. The number of rotatable bonds is 7. The Morgan fingerprint density at radius 2 is 1.71 bits per heavy atom. The molecule has 2 atom stereocenters. The topological polar surface area (TPSA) is 78.9 Å². The highest BCUT2D eigenvalue weighted by Gasteiger charge is 2.49. The Balaban J connectivity index is 1.66. The van der Waals surface area contributed by atoms with Gasteiger partial charge in [-0.1, -0.05) is 56.3 Å². The fourth-order valence-corrected chi connectivity index (χ4v) is 3.23. The Labute approximate surface area is 165 Å². The van der Waals surface area contributed by atoms with Crippen LogP contribution in [0.5, 0.6) is 5.75 Å². The van der Waals surface area contributed by atoms with Crippen molar-refractivity contribution in [3.63, 3.8) is 0 Å². The van der Waals surface area contributed by atoms with Crippen LogP contribution in [0.4, 0.5) is 4.79 Å². The first kappa shape index (κ1) is 19.9. The first-order chi connectivity index (χ1) is 13.3. The number of nitrogens with zero attached hydrogens (tertiary/aromatic N) is 1. The highest BCUT2D eigenvalue weighted by Crippen LogP contribution is 2.30. The molecule has 0 aliphatic carbocycles. The number of urea groups is 1. The molecule has 3 amide bonds. The largest absolute Gasteiger partial charge is 0.491 e. The lowest BCUT2D eigenvalue weighted by molar-refractivity contribution is -0.132. The van der Waals surface area contributed by atoms with Gasteiger partial charge in [-0.15, -0.1) is 0 Å². The fraction of sp³-hybridized carbons (Fsp3) is 0.364. The molecule has 2 unspecified atom stereocenters. The van der Waals surface area contributed by atoms with Crippen molar-refractivity contribution in [2.75, 3.05) is 13.2 Å². The fourth-order valence-electron chi connectivity index (χ4n) is 3.23. The van der Waals surface area contributed by atoms with Crippen LogP contribution < -0.4 is 10.1 Å². The number of β-amino-alcohol motifs (C(OH)–C–C–N with tert-alkyl or cyclic N) is 1. The minimum Gasteiger partial charge on any atom is -0.491 e. The third-order valence-electron chi connectivity index (χ3n) is 5.01. The predicted molar refractivity (Wildman–Crippen MR) is 106 cm³/mol. The van der Waals surface area contributed by atoms with Crippen LogP contribution in [-0.2, 0) is 10.3 Å². The molecule has 3 rings (SSSR count). The molecule has 0 radical (unpaired) electrons. The average Bonchev–Trinajstić information content (AvgIpc) is 2.91. The van der Waals surface area contributed by atoms with E-state index in [4.69, 9.17) is 4.74 Å². The van der Waals surface area contributed by atoms with Gasteiger partial charge in [-0.2, -0.15) is 0 Å². The zero-order valence-corrected chi connectivity index (χ0v) is 16.4. The van der Waals surface area contributed by atoms with E-state index in [0.717, 1.165) is 10.5 Å². The van der Waals surface area contributed by atoms with Crippen LogP contribution in [0.1, 0.15) is 37.8 Å². The number of para-hydroxylation sites is 1. The quantitative estimate of drug-likeness (QED) is 0.722. The van der Waals surface area contributed by atoms with E-state index in [1.165, 1.54) is 0 Å². The predicted octanol–water partition coefficient (Wildman–Crippen LogP) is 3.02. The smallest absolute Gasteiger partial charge is 0.325 e. The molecule has 0 spiro atoms. The monoisotopic (exact) mass is 382 g/mol. The minimum atomic E-state index is -1.15. The molecule has 0 saturated carbocycles. The molecule has 0 bridgehead atoms. The highest BCUT2D eigenvalue weighted by atomic mass is 16.5. The van der Waals surface area contributed by atoms with Gasteiger partial charge in [0.1, 0.15) is 24.0 Å². The highest BCUT2D eigenvalue weighted by molar-refractivity contribution is 6.07. The Kier molecular flexibility index (Phi) is 5.70. The number of hydrogen-bond donors (Lipinski definition) is 2. The molecule has 28 heavy (non-hydrogen) atoms. The first-order valence-corrected chi connectivity index (χ1v) is 9.41. The summed E-state index contributed by atoms with van der Waals surface area (Å²) in [6.07, 6.45) is -0.986. The number of benzene rings is 2. The van der Waals surface area contributed by atoms with Gasteiger partial charge >= 0.3 is 6.03 Å². The Morgan fingerprint density at radius 3 is 2.32 bits per heavy atom. The number of carbonyl (C=O) groups excluding carboxylic acids is 2. The van der Waals surface area contributed by atoms with Gasteiger partial charge in [0, 0.05) is 0 Å². The van der Waals surface area contributed by atoms with E-state index in [2.05, 4.69) is 19.2 Å². The van der Waals surface area contributed by atoms with E-state index in [1.807, 2.05) is 42.5 Å². The molecule has 2 aromatic carbocycles. The summed E-state index contributed by atoms with van der Waals surface area (Å²) in [5.41, 5.74) is 0.731. The molecule has 1 saturated heterocycles. The summed E-state index contributed by atoms with van der Waals surface area (Å²) in [6.45, 7) is 5.74. The maximum atomic E-state index is 13.0. The van der Waals surface area contributed by atoms with Gasteiger partial charge in [0.25, 0.3) is 5.91 Å². The summed E-state index contributed by atoms with van der Waals surface area (Å²) in [5, 5.41) is 13.0. The van der Waals surface area contributed by atoms with Crippen LogP contribution in [0.3, 0.4) is 0 Å². The van der Waals surface area contributed by atoms with E-state index in [9.17, 15) is 14.7 Å². The molecule has 6 heteroatoms. The molecule has 2 N–H and O–H groups in total. The van der Waals surface area contributed by atoms with Crippen molar-refractivity contribution in [2.45, 2.75) is 38.3 Å². The third-order valence-corrected chi connectivity index (χ3v) is 5.01. The molecular formula is C22H26N2O4. The zero-order valence-electron chi connectivity index (χ0n) is 16.4. The van der Waals surface area contributed by atoms with E-state index in [1.54, 1.807) is 19.1 Å². The van der Waals surface area contributed by atoms with Gasteiger partial charge in [-0.3, -0.25) is 9.69 Å². The summed E-state index contributed by atoms with van der Waals surface area (Å²) in [4.78, 5) is 26.4. The van der Waals surface area contributed by atoms with Crippen LogP contribution >= 0.6 is 0 Å². The Bertz CT molecular complexity index is 835. The Morgan fingerprint density at radius 1 is 1.07 bits per heavy atom. The molecule has 1 aliphatic heterocycles. The number of carbonyl (C=O) groups is 2. The van der Waals surface area contributed by atoms with Crippen molar-refractivity contribution < 1.29 is 19.4 Å². The third kappa shape index (κ3) is 4.02. The molecule has 6 nitrogen and oxygen atoms in total. The van der Waals surface area contributed by atoms with E-state index < -0.39 is 17.7 Å². The van der Waals surface area contributed by atoms with Crippen molar-refractivity contribution in [1.29, 1.82) is 0 Å². The summed E-state index contributed by atoms with van der Waals surface area (Å²) in [5.74, 6) is 0.620. The van der Waals surface area contributed by atoms with Gasteiger partial charge in [0.15, 0.2) is 0 Å². The van der Waals surface area contributed by atoms with Gasteiger partial charge < -0.3 is 15.2 Å². The SMILES string of the molecule is CC(C)c1ccc(C2(C)NC(=O)N(CC(O)COc3ccccc3)C2=O)cc1. The van der Waals surface area contributed by atoms with E-state index >= 15 is 0 Å². The summed E-state index contributed by atoms with van der Waals surface area (Å²) < 4.78 is 5.50. The van der Waals surface area contributed by atoms with Gasteiger partial charge in [-0.05, 0) is 36.1 Å². The maximum Gasteiger partial charge on any atom is 0.325 e. The molecule has 1 heterocycles. The molecule has 1 aliphatic rings. The second kappa shape index (κ2) is 8.02. The second-order valence-corrected chi connectivity index (χ2v) is 7.53. The lowest BCUT2D eigenvalue weighted by atomic mass is 9.90. The van der Waals surface area contributed by atoms with Gasteiger partial charge in [-0.25, -0.2) is 4.79 Å². The van der Waals surface area contributed by atoms with Crippen LogP contribution in [0.25, 0.3) is 0 Å². The number of ether oxygens (including phenoxy) is 1. The average molecular weight is 382 g/mol. The molecule has 148 valence electrons. The van der Waals surface area contributed by atoms with Crippen LogP contribution in [0, 0.1) is 0 Å². The van der Waals surface area contributed by atoms with Crippen LogP contribution in [0.2, 0.25) is 0 Å². The number of amides is 3. The van der Waals surface area contributed by atoms with Crippen molar-refractivity contribution in [1.82, 2.24) is 10.2 Å². The van der Waals surface area contributed by atoms with Gasteiger partial charge in [0.05, 0.1) is 6.54 Å². The molecular weight excluding hydrogens is 356 g/mol. The summed E-state index contributed by atoms with van der Waals surface area (Å²) >= 11 is 0. The van der Waals surface area contributed by atoms with Crippen molar-refractivity contribution >= 4 is 11.9 Å². The standard InChI is InChI=1S/C22H26N2O4/c1-15(2)16-9-11-17(12-10-16)22(3)20(26)24(21(27)23-22)13-18(25)14-28-19-7-5-4-6-8-19/h4-12,15,18,25H,13-14H2,1-3H3,(H,23,27). The zero-order chi connectivity index (χ0) is 20.3. The first-order valence-electron chi connectivity index (χ1n) is 9.41. The second-order valence-electron chi connectivity index (χ2n) is 7.53. The van der Waals surface area contributed by atoms with E-state index in [0.29, 0.717) is 17.2 Å². The Hall–Kier alpha value is -2.86. The molecule has 1 fully saturated rings. The van der Waals surface area contributed by atoms with Crippen LogP contribution in [0.15, 0.2) is 54.6 Å².